The lowest BCUT2D eigenvalue weighted by Gasteiger charge is -2.09. The van der Waals surface area contributed by atoms with Crippen molar-refractivity contribution in [3.05, 3.63) is 80.5 Å². The van der Waals surface area contributed by atoms with Gasteiger partial charge >= 0.3 is 5.69 Å². The number of aryl methyl sites for hydroxylation is 1. The van der Waals surface area contributed by atoms with Gasteiger partial charge in [-0.15, -0.1) is 0 Å². The summed E-state index contributed by atoms with van der Waals surface area (Å²) in [4.78, 5) is 30.4. The van der Waals surface area contributed by atoms with Gasteiger partial charge < -0.3 is 5.11 Å². The van der Waals surface area contributed by atoms with Crippen molar-refractivity contribution in [1.29, 1.82) is 0 Å². The number of H-pyrrole nitrogens is 1. The summed E-state index contributed by atoms with van der Waals surface area (Å²) >= 11 is 0. The number of rotatable bonds is 4. The quantitative estimate of drug-likeness (QED) is 0.558. The third kappa shape index (κ3) is 3.77. The van der Waals surface area contributed by atoms with Crippen molar-refractivity contribution >= 4 is 21.9 Å². The highest BCUT2D eigenvalue weighted by molar-refractivity contribution is 7.89. The van der Waals surface area contributed by atoms with Crippen LogP contribution in [0.5, 0.6) is 5.88 Å². The smallest absolute Gasteiger partial charge is 0.335 e. The van der Waals surface area contributed by atoms with E-state index in [0.29, 0.717) is 16.9 Å². The van der Waals surface area contributed by atoms with Gasteiger partial charge in [0.1, 0.15) is 5.56 Å². The minimum absolute atomic E-state index is 0.0673. The monoisotopic (exact) mass is 400 g/mol. The van der Waals surface area contributed by atoms with E-state index in [1.807, 2.05) is 0 Å². The first kappa shape index (κ1) is 19.3. The maximum absolute atomic E-state index is 12.1. The molecule has 0 saturated carbocycles. The Hall–Kier alpha value is -3.50. The van der Waals surface area contributed by atoms with Crippen molar-refractivity contribution in [2.24, 2.45) is 10.1 Å². The average molecular weight is 400 g/mol. The Morgan fingerprint density at radius 2 is 1.82 bits per heavy atom. The van der Waals surface area contributed by atoms with Crippen LogP contribution < -0.4 is 16.4 Å². The standard InChI is InChI=1S/C18H16N4O5S/c1-11-9-13(28(19,26)27)7-8-15(11)20-10-14-16(23)21-18(25)22(17(14)24)12-5-3-2-4-6-12/h2-10,24H,1H3,(H2,19,26,27)(H,21,23,25). The number of aromatic nitrogens is 2. The van der Waals surface area contributed by atoms with Crippen LogP contribution >= 0.6 is 0 Å². The summed E-state index contributed by atoms with van der Waals surface area (Å²) in [7, 11) is -3.85. The molecule has 1 aromatic heterocycles. The normalized spacial score (nSPS) is 11.8. The lowest BCUT2D eigenvalue weighted by atomic mass is 10.2. The number of primary sulfonamides is 1. The highest BCUT2D eigenvalue weighted by Gasteiger charge is 2.14. The zero-order valence-electron chi connectivity index (χ0n) is 14.7. The van der Waals surface area contributed by atoms with E-state index < -0.39 is 27.2 Å². The van der Waals surface area contributed by atoms with E-state index in [2.05, 4.69) is 9.98 Å². The number of para-hydroxylation sites is 1. The van der Waals surface area contributed by atoms with Crippen LogP contribution in [0.25, 0.3) is 5.69 Å². The van der Waals surface area contributed by atoms with Crippen LogP contribution in [0.1, 0.15) is 11.1 Å². The lowest BCUT2D eigenvalue weighted by molar-refractivity contribution is 0.430. The van der Waals surface area contributed by atoms with Gasteiger partial charge in [-0.1, -0.05) is 18.2 Å². The van der Waals surface area contributed by atoms with Gasteiger partial charge in [0, 0.05) is 6.21 Å². The Bertz CT molecular complexity index is 1290. The van der Waals surface area contributed by atoms with Crippen LogP contribution in [-0.4, -0.2) is 29.3 Å². The van der Waals surface area contributed by atoms with Crippen molar-refractivity contribution in [3.8, 4) is 11.6 Å². The molecule has 144 valence electrons. The molecular weight excluding hydrogens is 384 g/mol. The second kappa shape index (κ2) is 7.25. The van der Waals surface area contributed by atoms with E-state index in [1.54, 1.807) is 37.3 Å². The fourth-order valence-electron chi connectivity index (χ4n) is 2.56. The van der Waals surface area contributed by atoms with Gasteiger partial charge in [0.2, 0.25) is 15.9 Å². The molecule has 3 aromatic rings. The molecule has 10 heteroatoms. The number of aliphatic imine (C=N–C) groups is 1. The molecule has 0 aliphatic heterocycles. The molecule has 0 amide bonds. The van der Waals surface area contributed by atoms with E-state index in [-0.39, 0.29) is 10.5 Å². The lowest BCUT2D eigenvalue weighted by Crippen LogP contribution is -2.31. The van der Waals surface area contributed by atoms with Gasteiger partial charge in [-0.05, 0) is 42.8 Å². The summed E-state index contributed by atoms with van der Waals surface area (Å²) in [6.07, 6.45) is 1.10. The number of nitrogens with one attached hydrogen (secondary N) is 1. The molecule has 1 heterocycles. The summed E-state index contributed by atoms with van der Waals surface area (Å²) in [5.41, 5.74) is -0.599. The number of aromatic amines is 1. The topological polar surface area (TPSA) is 148 Å². The van der Waals surface area contributed by atoms with E-state index in [1.165, 1.54) is 18.2 Å². The maximum Gasteiger partial charge on any atom is 0.335 e. The fourth-order valence-corrected chi connectivity index (χ4v) is 3.15. The Balaban J connectivity index is 2.09. The summed E-state index contributed by atoms with van der Waals surface area (Å²) in [6.45, 7) is 1.62. The molecule has 28 heavy (non-hydrogen) atoms. The summed E-state index contributed by atoms with van der Waals surface area (Å²) < 4.78 is 23.7. The van der Waals surface area contributed by atoms with Crippen molar-refractivity contribution < 1.29 is 13.5 Å². The highest BCUT2D eigenvalue weighted by Crippen LogP contribution is 2.22. The zero-order chi connectivity index (χ0) is 20.5. The molecule has 0 aliphatic rings. The maximum atomic E-state index is 12.1. The largest absolute Gasteiger partial charge is 0.493 e. The predicted molar refractivity (Wildman–Crippen MR) is 104 cm³/mol. The van der Waals surface area contributed by atoms with Crippen LogP contribution in [0.2, 0.25) is 0 Å². The molecule has 0 atom stereocenters. The van der Waals surface area contributed by atoms with Gasteiger partial charge in [0.25, 0.3) is 5.56 Å². The Labute approximate surface area is 159 Å². The van der Waals surface area contributed by atoms with Crippen LogP contribution in [-0.2, 0) is 10.0 Å². The summed E-state index contributed by atoms with van der Waals surface area (Å²) in [6, 6.07) is 12.3. The van der Waals surface area contributed by atoms with Gasteiger partial charge in [0.05, 0.1) is 16.3 Å². The van der Waals surface area contributed by atoms with Gasteiger partial charge in [-0.3, -0.25) is 14.8 Å². The Morgan fingerprint density at radius 1 is 1.14 bits per heavy atom. The van der Waals surface area contributed by atoms with E-state index in [4.69, 9.17) is 5.14 Å². The van der Waals surface area contributed by atoms with Crippen LogP contribution in [0, 0.1) is 6.92 Å². The number of hydrogen-bond donors (Lipinski definition) is 3. The molecule has 0 aliphatic carbocycles. The molecule has 0 fully saturated rings. The van der Waals surface area contributed by atoms with Gasteiger partial charge in [-0.2, -0.15) is 0 Å². The average Bonchev–Trinajstić information content (AvgIpc) is 2.62. The molecule has 3 rings (SSSR count). The molecular formula is C18H16N4O5S. The molecule has 0 bridgehead atoms. The Kier molecular flexibility index (Phi) is 4.99. The first-order valence-electron chi connectivity index (χ1n) is 8.00. The van der Waals surface area contributed by atoms with Crippen LogP contribution in [0.15, 0.2) is 68.0 Å². The second-order valence-corrected chi connectivity index (χ2v) is 7.48. The van der Waals surface area contributed by atoms with Gasteiger partial charge in [0.15, 0.2) is 0 Å². The van der Waals surface area contributed by atoms with Crippen molar-refractivity contribution in [1.82, 2.24) is 9.55 Å². The third-order valence-corrected chi connectivity index (χ3v) is 4.88. The highest BCUT2D eigenvalue weighted by atomic mass is 32.2. The van der Waals surface area contributed by atoms with Crippen molar-refractivity contribution in [3.63, 3.8) is 0 Å². The third-order valence-electron chi connectivity index (χ3n) is 3.96. The first-order chi connectivity index (χ1) is 13.2. The molecule has 0 unspecified atom stereocenters. The Morgan fingerprint density at radius 3 is 2.43 bits per heavy atom. The second-order valence-electron chi connectivity index (χ2n) is 5.92. The predicted octanol–water partition coefficient (Wildman–Crippen LogP) is 0.938. The summed E-state index contributed by atoms with van der Waals surface area (Å²) in [5.74, 6) is -0.567. The molecule has 0 saturated heterocycles. The van der Waals surface area contributed by atoms with Crippen molar-refractivity contribution in [2.45, 2.75) is 11.8 Å². The summed E-state index contributed by atoms with van der Waals surface area (Å²) in [5, 5.41) is 15.5. The molecule has 9 nitrogen and oxygen atoms in total. The van der Waals surface area contributed by atoms with E-state index in [0.717, 1.165) is 10.8 Å². The number of benzene rings is 2. The van der Waals surface area contributed by atoms with E-state index >= 15 is 0 Å². The molecule has 0 radical (unpaired) electrons. The number of hydrogen-bond acceptors (Lipinski definition) is 6. The molecule has 2 aromatic carbocycles. The van der Waals surface area contributed by atoms with Crippen LogP contribution in [0.3, 0.4) is 0 Å². The molecule has 0 spiro atoms. The van der Waals surface area contributed by atoms with Crippen molar-refractivity contribution in [2.75, 3.05) is 0 Å². The van der Waals surface area contributed by atoms with Crippen LogP contribution in [0.4, 0.5) is 5.69 Å². The minimum Gasteiger partial charge on any atom is -0.493 e. The zero-order valence-corrected chi connectivity index (χ0v) is 15.5. The minimum atomic E-state index is -3.85. The number of nitrogens with zero attached hydrogens (tertiary/aromatic N) is 2. The fraction of sp³-hybridized carbons (Fsp3) is 0.0556. The number of aromatic hydroxyl groups is 1. The van der Waals surface area contributed by atoms with E-state index in [9.17, 15) is 23.1 Å². The number of sulfonamides is 1. The number of nitrogens with two attached hydrogens (primary N) is 1. The SMILES string of the molecule is Cc1cc(S(N)(=O)=O)ccc1N=Cc1c(O)n(-c2ccccc2)c(=O)[nH]c1=O. The molecule has 4 N–H and O–H groups in total. The van der Waals surface area contributed by atoms with Gasteiger partial charge in [-0.25, -0.2) is 22.9 Å². The first-order valence-corrected chi connectivity index (χ1v) is 9.54.